The Balaban J connectivity index is 2.15. The number of pyridine rings is 1. The zero-order chi connectivity index (χ0) is 13.4. The summed E-state index contributed by atoms with van der Waals surface area (Å²) in [4.78, 5) is 15.5. The number of aromatic nitrogens is 2. The lowest BCUT2D eigenvalue weighted by atomic mass is 9.99. The minimum Gasteiger partial charge on any atom is -0.482 e. The van der Waals surface area contributed by atoms with E-state index in [4.69, 9.17) is 4.74 Å². The molecule has 2 aromatic rings. The van der Waals surface area contributed by atoms with Gasteiger partial charge in [0.1, 0.15) is 5.82 Å². The number of hydrogen-bond donors (Lipinski definition) is 2. The van der Waals surface area contributed by atoms with Crippen molar-refractivity contribution in [3.63, 3.8) is 0 Å². The van der Waals surface area contributed by atoms with Crippen molar-refractivity contribution in [1.82, 2.24) is 14.7 Å². The van der Waals surface area contributed by atoms with Gasteiger partial charge in [-0.2, -0.15) is 0 Å². The summed E-state index contributed by atoms with van der Waals surface area (Å²) >= 11 is 0. The average Bonchev–Trinajstić information content (AvgIpc) is 2.73. The maximum absolute atomic E-state index is 11.3. The lowest BCUT2D eigenvalue weighted by molar-refractivity contribution is 0.0693. The summed E-state index contributed by atoms with van der Waals surface area (Å²) < 4.78 is 7.10. The maximum atomic E-state index is 11.3. The van der Waals surface area contributed by atoms with E-state index in [0.717, 1.165) is 25.3 Å². The SMILES string of the molecule is COc1cccc2c(C(=O)O)nc(CC3CNC3)n12. The molecule has 2 aromatic heterocycles. The third kappa shape index (κ3) is 1.94. The molecular formula is C13H15N3O3. The Labute approximate surface area is 110 Å². The molecule has 0 amide bonds. The van der Waals surface area contributed by atoms with Gasteiger partial charge in [-0.15, -0.1) is 0 Å². The number of aromatic carboxylic acids is 1. The second-order valence-corrected chi connectivity index (χ2v) is 4.70. The van der Waals surface area contributed by atoms with Gasteiger partial charge in [0.25, 0.3) is 0 Å². The zero-order valence-corrected chi connectivity index (χ0v) is 10.6. The summed E-state index contributed by atoms with van der Waals surface area (Å²) in [6.45, 7) is 1.90. The van der Waals surface area contributed by atoms with Crippen molar-refractivity contribution < 1.29 is 14.6 Å². The molecule has 6 nitrogen and oxygen atoms in total. The van der Waals surface area contributed by atoms with Crippen LogP contribution < -0.4 is 10.1 Å². The Morgan fingerprint density at radius 2 is 2.37 bits per heavy atom. The Kier molecular flexibility index (Phi) is 2.87. The predicted molar refractivity (Wildman–Crippen MR) is 68.8 cm³/mol. The summed E-state index contributed by atoms with van der Waals surface area (Å²) in [5, 5.41) is 12.4. The second kappa shape index (κ2) is 4.55. The number of carbonyl (C=O) groups is 1. The van der Waals surface area contributed by atoms with Crippen LogP contribution in [-0.2, 0) is 6.42 Å². The van der Waals surface area contributed by atoms with E-state index in [9.17, 15) is 9.90 Å². The predicted octanol–water partition coefficient (Wildman–Crippen LogP) is 0.803. The van der Waals surface area contributed by atoms with Gasteiger partial charge in [-0.05, 0) is 31.1 Å². The molecule has 0 aliphatic carbocycles. The molecule has 100 valence electrons. The standard InChI is InChI=1S/C13H15N3O3/c1-19-11-4-2-3-9-12(13(17)18)15-10(16(9)11)5-8-6-14-7-8/h2-4,8,14H,5-7H2,1H3,(H,17,18). The number of carboxylic acid groups (broad SMARTS) is 1. The molecule has 0 spiro atoms. The Hall–Kier alpha value is -2.08. The number of methoxy groups -OCH3 is 1. The maximum Gasteiger partial charge on any atom is 0.356 e. The van der Waals surface area contributed by atoms with Crippen LogP contribution in [0.2, 0.25) is 0 Å². The number of hydrogen-bond acceptors (Lipinski definition) is 4. The number of fused-ring (bicyclic) bond motifs is 1. The first-order chi connectivity index (χ1) is 9.20. The summed E-state index contributed by atoms with van der Waals surface area (Å²) in [6.07, 6.45) is 0.752. The number of imidazole rings is 1. The molecule has 1 aliphatic rings. The van der Waals surface area contributed by atoms with Gasteiger partial charge in [-0.1, -0.05) is 6.07 Å². The van der Waals surface area contributed by atoms with Crippen molar-refractivity contribution in [2.45, 2.75) is 6.42 Å². The van der Waals surface area contributed by atoms with Crippen molar-refractivity contribution in [1.29, 1.82) is 0 Å². The molecule has 1 saturated heterocycles. The smallest absolute Gasteiger partial charge is 0.356 e. The van der Waals surface area contributed by atoms with Gasteiger partial charge in [-0.3, -0.25) is 4.40 Å². The number of ether oxygens (including phenoxy) is 1. The van der Waals surface area contributed by atoms with Crippen LogP contribution in [0.25, 0.3) is 5.52 Å². The van der Waals surface area contributed by atoms with Crippen molar-refractivity contribution >= 4 is 11.5 Å². The van der Waals surface area contributed by atoms with Gasteiger partial charge >= 0.3 is 5.97 Å². The first kappa shape index (κ1) is 12.0. The quantitative estimate of drug-likeness (QED) is 0.851. The molecule has 3 heterocycles. The van der Waals surface area contributed by atoms with Crippen molar-refractivity contribution in [3.8, 4) is 5.88 Å². The number of rotatable bonds is 4. The van der Waals surface area contributed by atoms with Crippen LogP contribution in [0.4, 0.5) is 0 Å². The van der Waals surface area contributed by atoms with E-state index >= 15 is 0 Å². The van der Waals surface area contributed by atoms with E-state index in [1.165, 1.54) is 0 Å². The first-order valence-electron chi connectivity index (χ1n) is 6.19. The molecule has 19 heavy (non-hydrogen) atoms. The Morgan fingerprint density at radius 3 is 2.95 bits per heavy atom. The minimum absolute atomic E-state index is 0.0844. The van der Waals surface area contributed by atoms with Gasteiger partial charge < -0.3 is 15.2 Å². The first-order valence-corrected chi connectivity index (χ1v) is 6.19. The van der Waals surface area contributed by atoms with Crippen LogP contribution in [-0.4, -0.2) is 40.7 Å². The fourth-order valence-corrected chi connectivity index (χ4v) is 2.38. The van der Waals surface area contributed by atoms with Gasteiger partial charge in [0.05, 0.1) is 12.6 Å². The number of carboxylic acids is 1. The number of nitrogens with one attached hydrogen (secondary N) is 1. The molecule has 2 N–H and O–H groups in total. The van der Waals surface area contributed by atoms with Gasteiger partial charge in [0, 0.05) is 6.42 Å². The molecule has 1 aliphatic heterocycles. The van der Waals surface area contributed by atoms with E-state index in [2.05, 4.69) is 10.3 Å². The van der Waals surface area contributed by atoms with Gasteiger partial charge in [-0.25, -0.2) is 9.78 Å². The van der Waals surface area contributed by atoms with Crippen LogP contribution >= 0.6 is 0 Å². The molecule has 0 saturated carbocycles. The van der Waals surface area contributed by atoms with E-state index in [1.54, 1.807) is 23.6 Å². The normalized spacial score (nSPS) is 15.4. The zero-order valence-electron chi connectivity index (χ0n) is 10.6. The molecule has 0 bridgehead atoms. The van der Waals surface area contributed by atoms with Crippen molar-refractivity contribution in [3.05, 3.63) is 29.7 Å². The molecular weight excluding hydrogens is 246 g/mol. The lowest BCUT2D eigenvalue weighted by Gasteiger charge is -2.26. The van der Waals surface area contributed by atoms with E-state index in [-0.39, 0.29) is 5.69 Å². The molecule has 3 rings (SSSR count). The summed E-state index contributed by atoms with van der Waals surface area (Å²) in [6, 6.07) is 5.33. The fourth-order valence-electron chi connectivity index (χ4n) is 2.38. The largest absolute Gasteiger partial charge is 0.482 e. The van der Waals surface area contributed by atoms with Crippen LogP contribution in [0.1, 0.15) is 16.3 Å². The molecule has 0 atom stereocenters. The molecule has 0 radical (unpaired) electrons. The van der Waals surface area contributed by atoms with Crippen molar-refractivity contribution in [2.24, 2.45) is 5.92 Å². The lowest BCUT2D eigenvalue weighted by Crippen LogP contribution is -2.43. The molecule has 1 fully saturated rings. The molecule has 0 unspecified atom stereocenters. The Morgan fingerprint density at radius 1 is 1.58 bits per heavy atom. The van der Waals surface area contributed by atoms with Gasteiger partial charge in [0.15, 0.2) is 11.6 Å². The van der Waals surface area contributed by atoms with E-state index in [1.807, 2.05) is 6.07 Å². The van der Waals surface area contributed by atoms with Crippen LogP contribution in [0.3, 0.4) is 0 Å². The highest BCUT2D eigenvalue weighted by atomic mass is 16.5. The Bertz CT molecular complexity index is 631. The minimum atomic E-state index is -1.01. The molecule has 6 heteroatoms. The monoisotopic (exact) mass is 261 g/mol. The average molecular weight is 261 g/mol. The highest BCUT2D eigenvalue weighted by Gasteiger charge is 2.24. The topological polar surface area (TPSA) is 75.9 Å². The van der Waals surface area contributed by atoms with E-state index in [0.29, 0.717) is 17.3 Å². The van der Waals surface area contributed by atoms with Crippen LogP contribution in [0.5, 0.6) is 5.88 Å². The van der Waals surface area contributed by atoms with Crippen molar-refractivity contribution in [2.75, 3.05) is 20.2 Å². The molecule has 0 aromatic carbocycles. The third-order valence-electron chi connectivity index (χ3n) is 3.44. The van der Waals surface area contributed by atoms with Crippen LogP contribution in [0, 0.1) is 5.92 Å². The highest BCUT2D eigenvalue weighted by Crippen LogP contribution is 2.23. The van der Waals surface area contributed by atoms with Crippen LogP contribution in [0.15, 0.2) is 18.2 Å². The third-order valence-corrected chi connectivity index (χ3v) is 3.44. The summed E-state index contributed by atoms with van der Waals surface area (Å²) in [7, 11) is 1.57. The summed E-state index contributed by atoms with van der Waals surface area (Å²) in [5.41, 5.74) is 0.662. The van der Waals surface area contributed by atoms with Gasteiger partial charge in [0.2, 0.25) is 0 Å². The fraction of sp³-hybridized carbons (Fsp3) is 0.385. The second-order valence-electron chi connectivity index (χ2n) is 4.70. The van der Waals surface area contributed by atoms with E-state index < -0.39 is 5.97 Å². The summed E-state index contributed by atoms with van der Waals surface area (Å²) in [5.74, 6) is 0.858. The number of nitrogens with zero attached hydrogens (tertiary/aromatic N) is 2. The highest BCUT2D eigenvalue weighted by molar-refractivity contribution is 5.93.